The summed E-state index contributed by atoms with van der Waals surface area (Å²) in [5, 5.41) is 5.96. The lowest BCUT2D eigenvalue weighted by Gasteiger charge is -2.39. The maximum absolute atomic E-state index is 13.2. The van der Waals surface area contributed by atoms with Crippen molar-refractivity contribution in [1.29, 1.82) is 0 Å². The van der Waals surface area contributed by atoms with Gasteiger partial charge in [-0.25, -0.2) is 4.79 Å². The lowest BCUT2D eigenvalue weighted by Crippen LogP contribution is -2.47. The van der Waals surface area contributed by atoms with E-state index in [1.54, 1.807) is 7.11 Å². The lowest BCUT2D eigenvalue weighted by molar-refractivity contribution is -0.129. The molecule has 0 spiro atoms. The molecule has 0 bridgehead atoms. The first-order chi connectivity index (χ1) is 17.0. The zero-order valence-corrected chi connectivity index (χ0v) is 20.9. The molecular formula is C27H39N3O5. The second-order valence-corrected chi connectivity index (χ2v) is 10.2. The fourth-order valence-electron chi connectivity index (χ4n) is 5.65. The second kappa shape index (κ2) is 11.9. The summed E-state index contributed by atoms with van der Waals surface area (Å²) in [4.78, 5) is 39.9. The van der Waals surface area contributed by atoms with Crippen molar-refractivity contribution < 1.29 is 23.9 Å². The monoisotopic (exact) mass is 485 g/mol. The number of urea groups is 1. The molecule has 0 unspecified atom stereocenters. The van der Waals surface area contributed by atoms with E-state index in [0.29, 0.717) is 26.2 Å². The van der Waals surface area contributed by atoms with Crippen LogP contribution in [0.25, 0.3) is 0 Å². The Balaban J connectivity index is 1.35. The first-order valence-corrected chi connectivity index (χ1v) is 13.1. The molecule has 2 heterocycles. The number of rotatable bonds is 8. The first kappa shape index (κ1) is 25.5. The van der Waals surface area contributed by atoms with Crippen LogP contribution >= 0.6 is 0 Å². The molecule has 1 saturated carbocycles. The van der Waals surface area contributed by atoms with Crippen LogP contribution in [0.3, 0.4) is 0 Å². The van der Waals surface area contributed by atoms with Gasteiger partial charge < -0.3 is 20.1 Å². The summed E-state index contributed by atoms with van der Waals surface area (Å²) in [6.45, 7) is 1.47. The average Bonchev–Trinajstić information content (AvgIpc) is 3.12. The highest BCUT2D eigenvalue weighted by atomic mass is 16.5. The molecule has 1 aromatic rings. The minimum Gasteiger partial charge on any atom is -0.497 e. The largest absolute Gasteiger partial charge is 0.497 e. The molecule has 2 aliphatic heterocycles. The van der Waals surface area contributed by atoms with E-state index in [1.807, 2.05) is 24.3 Å². The van der Waals surface area contributed by atoms with Crippen LogP contribution in [0.2, 0.25) is 0 Å². The van der Waals surface area contributed by atoms with Crippen LogP contribution in [0.5, 0.6) is 5.75 Å². The van der Waals surface area contributed by atoms with Gasteiger partial charge in [0.25, 0.3) is 5.91 Å². The summed E-state index contributed by atoms with van der Waals surface area (Å²) in [7, 11) is 1.63. The Bertz CT molecular complexity index is 873. The Morgan fingerprint density at radius 3 is 2.40 bits per heavy atom. The Hall–Kier alpha value is -2.61. The zero-order valence-electron chi connectivity index (χ0n) is 20.9. The Morgan fingerprint density at radius 1 is 1.09 bits per heavy atom. The number of ether oxygens (including phenoxy) is 2. The van der Waals surface area contributed by atoms with Crippen LogP contribution in [0, 0.1) is 0 Å². The fourth-order valence-corrected chi connectivity index (χ4v) is 5.65. The van der Waals surface area contributed by atoms with Gasteiger partial charge in [0.05, 0.1) is 7.11 Å². The summed E-state index contributed by atoms with van der Waals surface area (Å²) < 4.78 is 10.9. The molecule has 3 fully saturated rings. The molecule has 35 heavy (non-hydrogen) atoms. The van der Waals surface area contributed by atoms with Crippen molar-refractivity contribution in [3.8, 4) is 5.75 Å². The van der Waals surface area contributed by atoms with E-state index in [9.17, 15) is 14.4 Å². The molecule has 192 valence electrons. The third-order valence-electron chi connectivity index (χ3n) is 7.85. The highest BCUT2D eigenvalue weighted by Crippen LogP contribution is 2.37. The molecule has 1 aliphatic carbocycles. The van der Waals surface area contributed by atoms with Crippen molar-refractivity contribution in [2.45, 2.75) is 88.1 Å². The predicted octanol–water partition coefficient (Wildman–Crippen LogP) is 3.67. The molecule has 2 N–H and O–H groups in total. The summed E-state index contributed by atoms with van der Waals surface area (Å²) >= 11 is 0. The third-order valence-corrected chi connectivity index (χ3v) is 7.85. The van der Waals surface area contributed by atoms with E-state index in [1.165, 1.54) is 24.2 Å². The smallest absolute Gasteiger partial charge is 0.324 e. The third kappa shape index (κ3) is 6.34. The number of hydrogen-bond acceptors (Lipinski definition) is 5. The minimum absolute atomic E-state index is 0.0322. The molecule has 1 atom stereocenters. The van der Waals surface area contributed by atoms with E-state index >= 15 is 0 Å². The molecule has 2 saturated heterocycles. The SMILES string of the molecule is COc1ccc(C2(CN3C(=O)N[C@@H](CCC(=O)NC4CCCCCCC4)C3=O)CCOCC2)cc1. The Kier molecular flexibility index (Phi) is 8.65. The second-order valence-electron chi connectivity index (χ2n) is 10.2. The average molecular weight is 486 g/mol. The van der Waals surface area contributed by atoms with Gasteiger partial charge in [0.1, 0.15) is 11.8 Å². The summed E-state index contributed by atoms with van der Waals surface area (Å²) in [5.41, 5.74) is 0.714. The molecule has 4 amide bonds. The molecule has 3 aliphatic rings. The van der Waals surface area contributed by atoms with Gasteiger partial charge in [-0.2, -0.15) is 0 Å². The van der Waals surface area contributed by atoms with Crippen LogP contribution in [-0.2, 0) is 19.7 Å². The van der Waals surface area contributed by atoms with Gasteiger partial charge in [-0.05, 0) is 49.8 Å². The van der Waals surface area contributed by atoms with Crippen molar-refractivity contribution in [3.63, 3.8) is 0 Å². The number of imide groups is 1. The van der Waals surface area contributed by atoms with E-state index in [4.69, 9.17) is 9.47 Å². The predicted molar refractivity (Wildman–Crippen MR) is 132 cm³/mol. The van der Waals surface area contributed by atoms with E-state index < -0.39 is 6.04 Å². The first-order valence-electron chi connectivity index (χ1n) is 13.1. The molecular weight excluding hydrogens is 446 g/mol. The van der Waals surface area contributed by atoms with Crippen LogP contribution in [-0.4, -0.2) is 61.7 Å². The minimum atomic E-state index is -0.654. The number of methoxy groups -OCH3 is 1. The van der Waals surface area contributed by atoms with Crippen LogP contribution in [0.4, 0.5) is 4.79 Å². The van der Waals surface area contributed by atoms with Crippen molar-refractivity contribution in [1.82, 2.24) is 15.5 Å². The highest BCUT2D eigenvalue weighted by Gasteiger charge is 2.44. The van der Waals surface area contributed by atoms with E-state index in [-0.39, 0.29) is 35.7 Å². The summed E-state index contributed by atoms with van der Waals surface area (Å²) in [5.74, 6) is 0.493. The molecule has 8 nitrogen and oxygen atoms in total. The molecule has 4 rings (SSSR count). The number of hydrogen-bond donors (Lipinski definition) is 2. The number of nitrogens with one attached hydrogen (secondary N) is 2. The van der Waals surface area contributed by atoms with Gasteiger partial charge >= 0.3 is 6.03 Å². The number of benzene rings is 1. The Labute approximate surface area is 208 Å². The normalized spacial score (nSPS) is 23.3. The number of carbonyl (C=O) groups is 3. The van der Waals surface area contributed by atoms with Crippen molar-refractivity contribution in [2.75, 3.05) is 26.9 Å². The quantitative estimate of drug-likeness (QED) is 0.548. The van der Waals surface area contributed by atoms with Crippen molar-refractivity contribution in [3.05, 3.63) is 29.8 Å². The topological polar surface area (TPSA) is 97.0 Å². The lowest BCUT2D eigenvalue weighted by atomic mass is 9.73. The molecule has 1 aromatic carbocycles. The summed E-state index contributed by atoms with van der Waals surface area (Å²) in [6, 6.07) is 7.05. The number of carbonyl (C=O) groups excluding carboxylic acids is 3. The standard InChI is InChI=1S/C27H39N3O5/c1-34-22-11-9-20(10-12-22)27(15-17-35-18-16-27)19-30-25(32)23(29-26(30)33)13-14-24(31)28-21-7-5-3-2-4-6-8-21/h9-12,21,23H,2-8,13-19H2,1H3,(H,28,31)(H,29,33)/t23-/m0/s1. The molecule has 0 radical (unpaired) electrons. The Morgan fingerprint density at radius 2 is 1.74 bits per heavy atom. The maximum atomic E-state index is 13.2. The van der Waals surface area contributed by atoms with Gasteiger partial charge in [-0.15, -0.1) is 0 Å². The zero-order chi connectivity index (χ0) is 24.7. The van der Waals surface area contributed by atoms with Gasteiger partial charge in [0, 0.05) is 37.6 Å². The van der Waals surface area contributed by atoms with Crippen molar-refractivity contribution in [2.24, 2.45) is 0 Å². The number of nitrogens with zero attached hydrogens (tertiary/aromatic N) is 1. The van der Waals surface area contributed by atoms with Gasteiger partial charge in [-0.3, -0.25) is 14.5 Å². The van der Waals surface area contributed by atoms with Crippen LogP contribution < -0.4 is 15.4 Å². The van der Waals surface area contributed by atoms with Crippen molar-refractivity contribution >= 4 is 17.8 Å². The van der Waals surface area contributed by atoms with Crippen LogP contribution in [0.1, 0.15) is 76.2 Å². The molecule has 0 aromatic heterocycles. The van der Waals surface area contributed by atoms with E-state index in [0.717, 1.165) is 49.8 Å². The van der Waals surface area contributed by atoms with Crippen LogP contribution in [0.15, 0.2) is 24.3 Å². The van der Waals surface area contributed by atoms with E-state index in [2.05, 4.69) is 10.6 Å². The number of amides is 4. The summed E-state index contributed by atoms with van der Waals surface area (Å²) in [6.07, 6.45) is 10.1. The molecule has 8 heteroatoms. The van der Waals surface area contributed by atoms with Gasteiger partial charge in [0.2, 0.25) is 5.91 Å². The maximum Gasteiger partial charge on any atom is 0.324 e. The van der Waals surface area contributed by atoms with Gasteiger partial charge in [-0.1, -0.05) is 44.2 Å². The fraction of sp³-hybridized carbons (Fsp3) is 0.667. The van der Waals surface area contributed by atoms with Gasteiger partial charge in [0.15, 0.2) is 0 Å². The highest BCUT2D eigenvalue weighted by molar-refractivity contribution is 6.04.